The van der Waals surface area contributed by atoms with Gasteiger partial charge in [-0.15, -0.1) is 10.2 Å². The van der Waals surface area contributed by atoms with Crippen molar-refractivity contribution in [2.45, 2.75) is 6.18 Å². The van der Waals surface area contributed by atoms with Crippen LogP contribution in [-0.4, -0.2) is 34.3 Å². The zero-order valence-electron chi connectivity index (χ0n) is 15.0. The van der Waals surface area contributed by atoms with E-state index in [2.05, 4.69) is 10.2 Å². The quantitative estimate of drug-likeness (QED) is 0.576. The Kier molecular flexibility index (Phi) is 5.04. The van der Waals surface area contributed by atoms with Gasteiger partial charge in [-0.3, -0.25) is 25.3 Å². The minimum Gasteiger partial charge on any atom is -0.277 e. The fourth-order valence-electron chi connectivity index (χ4n) is 2.95. The smallest absolute Gasteiger partial charge is 0.277 e. The summed E-state index contributed by atoms with van der Waals surface area (Å²) in [6, 6.07) is 12.6. The lowest BCUT2D eigenvalue weighted by molar-refractivity contribution is -0.123. The summed E-state index contributed by atoms with van der Waals surface area (Å²) < 4.78 is 41.8. The third-order valence-corrected chi connectivity index (χ3v) is 5.09. The SMILES string of the molecule is O=CNNC(=O)C1=CSC2=NN=C(c3ccc4ccccc4c3)C=C(C(F)(F)F)N12. The number of nitrogens with one attached hydrogen (secondary N) is 2. The Hall–Kier alpha value is -3.60. The first-order valence-corrected chi connectivity index (χ1v) is 9.36. The molecule has 0 saturated carbocycles. The largest absolute Gasteiger partial charge is 0.431 e. The van der Waals surface area contributed by atoms with Crippen LogP contribution >= 0.6 is 11.8 Å². The minimum absolute atomic E-state index is 0.00125. The number of amides is 2. The van der Waals surface area contributed by atoms with E-state index in [0.29, 0.717) is 10.5 Å². The maximum atomic E-state index is 13.9. The maximum absolute atomic E-state index is 13.9. The molecule has 0 aliphatic carbocycles. The van der Waals surface area contributed by atoms with E-state index in [4.69, 9.17) is 0 Å². The Balaban J connectivity index is 1.78. The summed E-state index contributed by atoms with van der Waals surface area (Å²) in [5.74, 6) is -0.927. The van der Waals surface area contributed by atoms with Crippen LogP contribution in [0.25, 0.3) is 10.8 Å². The molecule has 152 valence electrons. The predicted octanol–water partition coefficient (Wildman–Crippen LogP) is 3.03. The number of halogens is 3. The summed E-state index contributed by atoms with van der Waals surface area (Å²) in [7, 11) is 0. The molecule has 2 amide bonds. The van der Waals surface area contributed by atoms with E-state index in [0.717, 1.165) is 28.6 Å². The van der Waals surface area contributed by atoms with Crippen molar-refractivity contribution in [2.24, 2.45) is 10.2 Å². The molecule has 0 atom stereocenters. The number of allylic oxidation sites excluding steroid dienone is 2. The molecular formula is C19H12F3N5O2S. The van der Waals surface area contributed by atoms with Crippen molar-refractivity contribution in [2.75, 3.05) is 0 Å². The van der Waals surface area contributed by atoms with Crippen molar-refractivity contribution in [3.63, 3.8) is 0 Å². The van der Waals surface area contributed by atoms with Crippen molar-refractivity contribution < 1.29 is 22.8 Å². The minimum atomic E-state index is -4.80. The van der Waals surface area contributed by atoms with E-state index in [1.54, 1.807) is 18.2 Å². The molecule has 2 aliphatic heterocycles. The Bertz CT molecular complexity index is 1170. The van der Waals surface area contributed by atoms with Crippen molar-refractivity contribution in [1.29, 1.82) is 0 Å². The third-order valence-electron chi connectivity index (χ3n) is 4.28. The first kappa shape index (κ1) is 19.7. The second-order valence-corrected chi connectivity index (χ2v) is 6.97. The number of nitrogens with zero attached hydrogens (tertiary/aromatic N) is 3. The Morgan fingerprint density at radius 3 is 2.60 bits per heavy atom. The lowest BCUT2D eigenvalue weighted by Gasteiger charge is -2.24. The number of amidine groups is 1. The maximum Gasteiger partial charge on any atom is 0.431 e. The van der Waals surface area contributed by atoms with Gasteiger partial charge in [0, 0.05) is 11.0 Å². The molecule has 2 aliphatic rings. The topological polar surface area (TPSA) is 86.2 Å². The van der Waals surface area contributed by atoms with Crippen LogP contribution in [0, 0.1) is 0 Å². The van der Waals surface area contributed by atoms with E-state index in [1.807, 2.05) is 35.1 Å². The normalized spacial score (nSPS) is 16.0. The van der Waals surface area contributed by atoms with Crippen LogP contribution in [0.5, 0.6) is 0 Å². The van der Waals surface area contributed by atoms with E-state index in [-0.39, 0.29) is 23.0 Å². The fraction of sp³-hybridized carbons (Fsp3) is 0.0526. The zero-order valence-corrected chi connectivity index (χ0v) is 15.8. The first-order valence-electron chi connectivity index (χ1n) is 8.48. The number of fused-ring (bicyclic) bond motifs is 2. The molecule has 4 rings (SSSR count). The molecule has 0 saturated heterocycles. The highest BCUT2D eigenvalue weighted by atomic mass is 32.2. The van der Waals surface area contributed by atoms with Crippen LogP contribution in [-0.2, 0) is 9.59 Å². The molecule has 0 bridgehead atoms. The number of hydrazine groups is 1. The van der Waals surface area contributed by atoms with Gasteiger partial charge in [0.15, 0.2) is 5.17 Å². The lowest BCUT2D eigenvalue weighted by Crippen LogP contribution is -2.43. The number of rotatable bonds is 4. The van der Waals surface area contributed by atoms with Crippen molar-refractivity contribution in [1.82, 2.24) is 15.8 Å². The standard InChI is InChI=1S/C19H12F3N5O2S/c20-19(21,22)16-8-14(13-6-5-11-3-1-2-4-12(11)7-13)24-26-18-27(16)15(9-30-18)17(29)25-23-10-28/h1-10H,(H,23,28)(H,25,29). The van der Waals surface area contributed by atoms with Crippen molar-refractivity contribution >= 4 is 45.7 Å². The number of hydrogen-bond acceptors (Lipinski definition) is 6. The third kappa shape index (κ3) is 3.66. The molecule has 30 heavy (non-hydrogen) atoms. The summed E-state index contributed by atoms with van der Waals surface area (Å²) in [5.41, 5.74) is 2.90. The van der Waals surface area contributed by atoms with Gasteiger partial charge in [-0.05, 0) is 22.9 Å². The Morgan fingerprint density at radius 1 is 1.10 bits per heavy atom. The number of benzene rings is 2. The lowest BCUT2D eigenvalue weighted by atomic mass is 10.0. The highest BCUT2D eigenvalue weighted by Gasteiger charge is 2.45. The van der Waals surface area contributed by atoms with Gasteiger partial charge in [-0.25, -0.2) is 0 Å². The van der Waals surface area contributed by atoms with E-state index in [1.165, 1.54) is 5.41 Å². The number of alkyl halides is 3. The summed E-state index contributed by atoms with van der Waals surface area (Å²) >= 11 is 0.818. The van der Waals surface area contributed by atoms with Gasteiger partial charge in [-0.2, -0.15) is 13.2 Å². The van der Waals surface area contributed by atoms with Crippen molar-refractivity contribution in [3.05, 3.63) is 70.9 Å². The van der Waals surface area contributed by atoms with Gasteiger partial charge in [0.05, 0.1) is 5.71 Å². The molecule has 2 aromatic carbocycles. The van der Waals surface area contributed by atoms with Gasteiger partial charge in [0.25, 0.3) is 5.91 Å². The molecule has 2 N–H and O–H groups in total. The van der Waals surface area contributed by atoms with Crippen LogP contribution in [0.4, 0.5) is 13.2 Å². The molecule has 0 fully saturated rings. The van der Waals surface area contributed by atoms with Gasteiger partial charge >= 0.3 is 6.18 Å². The van der Waals surface area contributed by atoms with Crippen LogP contribution in [0.15, 0.2) is 75.5 Å². The van der Waals surface area contributed by atoms with E-state index < -0.39 is 17.8 Å². The monoisotopic (exact) mass is 431 g/mol. The molecule has 0 aromatic heterocycles. The Morgan fingerprint density at radius 2 is 1.87 bits per heavy atom. The number of carbonyl (C=O) groups is 2. The summed E-state index contributed by atoms with van der Waals surface area (Å²) in [6.07, 6.45) is -3.76. The summed E-state index contributed by atoms with van der Waals surface area (Å²) in [6.45, 7) is 0. The highest BCUT2D eigenvalue weighted by Crippen LogP contribution is 2.39. The molecule has 7 nitrogen and oxygen atoms in total. The highest BCUT2D eigenvalue weighted by molar-refractivity contribution is 8.16. The van der Waals surface area contributed by atoms with Crippen molar-refractivity contribution in [3.8, 4) is 0 Å². The molecule has 0 unspecified atom stereocenters. The molecule has 0 spiro atoms. The molecule has 2 aromatic rings. The predicted molar refractivity (Wildman–Crippen MR) is 107 cm³/mol. The zero-order chi connectivity index (χ0) is 21.3. The molecular weight excluding hydrogens is 419 g/mol. The average molecular weight is 431 g/mol. The molecule has 11 heteroatoms. The van der Waals surface area contributed by atoms with Crippen LogP contribution in [0.2, 0.25) is 0 Å². The fourth-order valence-corrected chi connectivity index (χ4v) is 3.77. The van der Waals surface area contributed by atoms with E-state index in [9.17, 15) is 22.8 Å². The summed E-state index contributed by atoms with van der Waals surface area (Å²) in [5, 5.41) is 10.8. The van der Waals surface area contributed by atoms with Gasteiger partial charge in [-0.1, -0.05) is 48.2 Å². The summed E-state index contributed by atoms with van der Waals surface area (Å²) in [4.78, 5) is 23.3. The van der Waals surface area contributed by atoms with Gasteiger partial charge in [0.1, 0.15) is 11.4 Å². The average Bonchev–Trinajstić information content (AvgIpc) is 3.04. The second-order valence-electron chi connectivity index (χ2n) is 6.13. The molecule has 2 heterocycles. The van der Waals surface area contributed by atoms with Gasteiger partial charge < -0.3 is 0 Å². The second kappa shape index (κ2) is 7.67. The van der Waals surface area contributed by atoms with Gasteiger partial charge in [0.2, 0.25) is 6.41 Å². The van der Waals surface area contributed by atoms with Crippen LogP contribution in [0.1, 0.15) is 5.56 Å². The van der Waals surface area contributed by atoms with E-state index >= 15 is 0 Å². The van der Waals surface area contributed by atoms with Crippen LogP contribution in [0.3, 0.4) is 0 Å². The Labute approximate surface area is 172 Å². The van der Waals surface area contributed by atoms with Crippen LogP contribution < -0.4 is 10.9 Å². The first-order chi connectivity index (χ1) is 14.4. The number of hydrogen-bond donors (Lipinski definition) is 2. The number of thioether (sulfide) groups is 1. The number of carbonyl (C=O) groups excluding carboxylic acids is 2. The molecule has 0 radical (unpaired) electrons.